The van der Waals surface area contributed by atoms with Crippen LogP contribution < -0.4 is 10.1 Å². The van der Waals surface area contributed by atoms with Crippen LogP contribution in [0.15, 0.2) is 42.5 Å². The number of carboxylic acid groups (broad SMARTS) is 1. The van der Waals surface area contributed by atoms with Gasteiger partial charge in [-0.1, -0.05) is 38.3 Å². The third-order valence-corrected chi connectivity index (χ3v) is 9.44. The van der Waals surface area contributed by atoms with Crippen LogP contribution in [0.4, 0.5) is 5.69 Å². The number of amides is 2. The van der Waals surface area contributed by atoms with Gasteiger partial charge in [0.15, 0.2) is 0 Å². The van der Waals surface area contributed by atoms with Crippen molar-refractivity contribution in [2.24, 2.45) is 11.8 Å². The molecule has 0 bridgehead atoms. The van der Waals surface area contributed by atoms with Crippen molar-refractivity contribution >= 4 is 23.5 Å². The maximum absolute atomic E-state index is 14.4. The van der Waals surface area contributed by atoms with E-state index in [0.717, 1.165) is 56.9 Å². The number of benzene rings is 2. The Hall–Kier alpha value is -3.47. The Morgan fingerprint density at radius 2 is 1.72 bits per heavy atom. The molecular formula is C37H53N3O7. The van der Waals surface area contributed by atoms with Gasteiger partial charge in [-0.3, -0.25) is 14.5 Å². The minimum atomic E-state index is -0.952. The fourth-order valence-corrected chi connectivity index (χ4v) is 6.51. The Morgan fingerprint density at radius 1 is 1.02 bits per heavy atom. The zero-order chi connectivity index (χ0) is 33.9. The molecule has 47 heavy (non-hydrogen) atoms. The number of nitrogens with one attached hydrogen (secondary N) is 1. The number of likely N-dealkylation sites (N-methyl/N-ethyl adjacent to an activating group) is 1. The first-order valence-corrected chi connectivity index (χ1v) is 17.2. The summed E-state index contributed by atoms with van der Waals surface area (Å²) < 4.78 is 12.8. The number of carbonyl (C=O) groups excluding carboxylic acids is 2. The molecule has 0 radical (unpaired) electrons. The standard InChI is InChI=1S/C37H53N3O7/c1-25-21-40(26(2)24-41)36(43)32-20-31(38-35(42)29-11-6-5-7-12-29)17-18-33(32)47-27(3)10-8-9-19-46-34(25)23-39(4)22-28-13-15-30(16-14-28)37(44)45/h13-18,20,25-27,29,34,41H,5-12,19,21-24H2,1-4H3,(H,38,42)(H,44,45)/t25-,26-,27-,34+/m0/s1. The summed E-state index contributed by atoms with van der Waals surface area (Å²) in [6, 6.07) is 11.7. The Balaban J connectivity index is 1.57. The maximum Gasteiger partial charge on any atom is 0.335 e. The predicted octanol–water partition coefficient (Wildman–Crippen LogP) is 5.83. The Morgan fingerprint density at radius 3 is 2.40 bits per heavy atom. The van der Waals surface area contributed by atoms with Gasteiger partial charge in [-0.15, -0.1) is 0 Å². The van der Waals surface area contributed by atoms with Gasteiger partial charge in [0.1, 0.15) is 5.75 Å². The number of anilines is 1. The summed E-state index contributed by atoms with van der Waals surface area (Å²) in [6.45, 7) is 7.82. The summed E-state index contributed by atoms with van der Waals surface area (Å²) in [5.41, 5.74) is 2.17. The first-order chi connectivity index (χ1) is 22.5. The second-order valence-electron chi connectivity index (χ2n) is 13.5. The van der Waals surface area contributed by atoms with E-state index in [-0.39, 0.29) is 48.0 Å². The Bertz CT molecular complexity index is 1330. The van der Waals surface area contributed by atoms with E-state index in [2.05, 4.69) is 17.1 Å². The average molecular weight is 652 g/mol. The van der Waals surface area contributed by atoms with Crippen molar-refractivity contribution in [3.63, 3.8) is 0 Å². The molecule has 10 nitrogen and oxygen atoms in total. The predicted molar refractivity (Wildman–Crippen MR) is 182 cm³/mol. The maximum atomic E-state index is 14.4. The van der Waals surface area contributed by atoms with Crippen LogP contribution in [0.2, 0.25) is 0 Å². The van der Waals surface area contributed by atoms with Crippen molar-refractivity contribution in [3.8, 4) is 5.75 Å². The van der Waals surface area contributed by atoms with Crippen molar-refractivity contribution in [2.75, 3.05) is 38.7 Å². The van der Waals surface area contributed by atoms with Gasteiger partial charge in [0.05, 0.1) is 36.0 Å². The molecule has 1 heterocycles. The smallest absolute Gasteiger partial charge is 0.335 e. The van der Waals surface area contributed by atoms with E-state index in [1.165, 1.54) is 0 Å². The summed E-state index contributed by atoms with van der Waals surface area (Å²) in [5.74, 6) is -0.854. The van der Waals surface area contributed by atoms with Gasteiger partial charge in [-0.2, -0.15) is 0 Å². The van der Waals surface area contributed by atoms with Gasteiger partial charge >= 0.3 is 5.97 Å². The monoisotopic (exact) mass is 651 g/mol. The number of ether oxygens (including phenoxy) is 2. The Labute approximate surface area is 279 Å². The number of aliphatic hydroxyl groups is 1. The highest BCUT2D eigenvalue weighted by atomic mass is 16.5. The van der Waals surface area contributed by atoms with Crippen molar-refractivity contribution in [2.45, 2.75) is 96.9 Å². The van der Waals surface area contributed by atoms with Crippen molar-refractivity contribution in [3.05, 3.63) is 59.2 Å². The molecule has 2 aliphatic rings. The molecule has 4 atom stereocenters. The van der Waals surface area contributed by atoms with Crippen molar-refractivity contribution in [1.29, 1.82) is 0 Å². The fraction of sp³-hybridized carbons (Fsp3) is 0.595. The van der Waals surface area contributed by atoms with Gasteiger partial charge in [0.25, 0.3) is 5.91 Å². The first-order valence-electron chi connectivity index (χ1n) is 17.2. The summed E-state index contributed by atoms with van der Waals surface area (Å²) in [7, 11) is 2.00. The normalized spacial score (nSPS) is 22.6. The number of fused-ring (bicyclic) bond motifs is 1. The molecule has 0 saturated heterocycles. The number of rotatable bonds is 9. The highest BCUT2D eigenvalue weighted by Crippen LogP contribution is 2.30. The number of nitrogens with zero attached hydrogens (tertiary/aromatic N) is 2. The van der Waals surface area contributed by atoms with Gasteiger partial charge in [-0.25, -0.2) is 4.79 Å². The third kappa shape index (κ3) is 10.5. The van der Waals surface area contributed by atoms with Crippen molar-refractivity contribution < 1.29 is 34.1 Å². The van der Waals surface area contributed by atoms with Crippen LogP contribution in [-0.2, 0) is 16.1 Å². The van der Waals surface area contributed by atoms with Gasteiger partial charge in [0.2, 0.25) is 5.91 Å². The van der Waals surface area contributed by atoms with E-state index >= 15 is 0 Å². The molecule has 1 aliphatic carbocycles. The third-order valence-electron chi connectivity index (χ3n) is 9.44. The van der Waals surface area contributed by atoms with Crippen LogP contribution in [-0.4, -0.2) is 89.4 Å². The van der Waals surface area contributed by atoms with E-state index in [1.807, 2.05) is 33.0 Å². The van der Waals surface area contributed by atoms with Gasteiger partial charge in [-0.05, 0) is 88.9 Å². The van der Waals surface area contributed by atoms with Crippen LogP contribution in [0.3, 0.4) is 0 Å². The number of carbonyl (C=O) groups is 3. The summed E-state index contributed by atoms with van der Waals surface area (Å²) in [5, 5.41) is 22.5. The lowest BCUT2D eigenvalue weighted by Gasteiger charge is -2.36. The topological polar surface area (TPSA) is 129 Å². The minimum Gasteiger partial charge on any atom is -0.490 e. The van der Waals surface area contributed by atoms with Crippen molar-refractivity contribution in [1.82, 2.24) is 9.80 Å². The molecule has 2 amide bonds. The van der Waals surface area contributed by atoms with E-state index in [0.29, 0.717) is 43.2 Å². The second kappa shape index (κ2) is 17.6. The molecule has 0 unspecified atom stereocenters. The van der Waals surface area contributed by atoms with E-state index in [1.54, 1.807) is 35.2 Å². The number of carboxylic acids is 1. The van der Waals surface area contributed by atoms with Gasteiger partial charge < -0.3 is 29.9 Å². The van der Waals surface area contributed by atoms with Crippen LogP contribution in [0, 0.1) is 11.8 Å². The quantitative estimate of drug-likeness (QED) is 0.309. The molecule has 258 valence electrons. The second-order valence-corrected chi connectivity index (χ2v) is 13.5. The van der Waals surface area contributed by atoms with Gasteiger partial charge in [0, 0.05) is 43.8 Å². The minimum absolute atomic E-state index is 0.0107. The molecule has 3 N–H and O–H groups in total. The van der Waals surface area contributed by atoms with Crippen LogP contribution in [0.1, 0.15) is 98.4 Å². The molecule has 2 aromatic carbocycles. The fourth-order valence-electron chi connectivity index (χ4n) is 6.51. The molecular weight excluding hydrogens is 598 g/mol. The Kier molecular flexibility index (Phi) is 13.6. The number of aromatic carboxylic acids is 1. The SMILES string of the molecule is C[C@H]1CCCCO[C@H](CN(C)Cc2ccc(C(=O)O)cc2)[C@@H](C)CN([C@@H](C)CO)C(=O)c2cc(NC(=O)C3CCCCC3)ccc2O1. The molecule has 0 spiro atoms. The zero-order valence-electron chi connectivity index (χ0n) is 28.5. The largest absolute Gasteiger partial charge is 0.490 e. The van der Waals surface area contributed by atoms with E-state index in [4.69, 9.17) is 9.47 Å². The number of hydrogen-bond donors (Lipinski definition) is 3. The number of aliphatic hydroxyl groups excluding tert-OH is 1. The summed E-state index contributed by atoms with van der Waals surface area (Å²) in [6.07, 6.45) is 7.26. The lowest BCUT2D eigenvalue weighted by Crippen LogP contribution is -2.47. The highest BCUT2D eigenvalue weighted by Gasteiger charge is 2.31. The molecule has 2 aromatic rings. The lowest BCUT2D eigenvalue weighted by atomic mass is 9.88. The molecule has 1 aliphatic heterocycles. The van der Waals surface area contributed by atoms with Crippen LogP contribution >= 0.6 is 0 Å². The molecule has 4 rings (SSSR count). The first kappa shape index (κ1) is 36.4. The van der Waals surface area contributed by atoms with E-state index in [9.17, 15) is 24.6 Å². The number of hydrogen-bond acceptors (Lipinski definition) is 7. The van der Waals surface area contributed by atoms with E-state index < -0.39 is 12.0 Å². The van der Waals surface area contributed by atoms with Crippen LogP contribution in [0.5, 0.6) is 5.75 Å². The molecule has 1 fully saturated rings. The molecule has 10 heteroatoms. The summed E-state index contributed by atoms with van der Waals surface area (Å²) in [4.78, 5) is 42.6. The lowest BCUT2D eigenvalue weighted by molar-refractivity contribution is -0.120. The van der Waals surface area contributed by atoms with Crippen LogP contribution in [0.25, 0.3) is 0 Å². The summed E-state index contributed by atoms with van der Waals surface area (Å²) >= 11 is 0. The zero-order valence-corrected chi connectivity index (χ0v) is 28.5. The average Bonchev–Trinajstić information content (AvgIpc) is 3.06. The highest BCUT2D eigenvalue weighted by molar-refractivity contribution is 6.00. The molecule has 1 saturated carbocycles. The molecule has 0 aromatic heterocycles.